The standard InChI is InChI=1S/C25H17N5O7/c31-24(14-17-6-3-5-16-4-1-2-7-23(16)17)27-26-19-8-10-20(11-9-19)28-37-25(32)18-12-21(29(33)34)15-22(13-18)30(35)36/h1-13,15,28H,14H2. The van der Waals surface area contributed by atoms with Crippen LogP contribution in [0.2, 0.25) is 0 Å². The third-order valence-electron chi connectivity index (χ3n) is 5.19. The summed E-state index contributed by atoms with van der Waals surface area (Å²) in [6, 6.07) is 21.9. The zero-order chi connectivity index (χ0) is 26.4. The van der Waals surface area contributed by atoms with Crippen molar-refractivity contribution in [3.63, 3.8) is 0 Å². The van der Waals surface area contributed by atoms with Crippen molar-refractivity contribution < 1.29 is 24.3 Å². The second-order valence-corrected chi connectivity index (χ2v) is 7.70. The largest absolute Gasteiger partial charge is 0.363 e. The Bertz CT molecular complexity index is 1510. The number of nitro benzene ring substituents is 2. The number of nitrogens with one attached hydrogen (secondary N) is 1. The van der Waals surface area contributed by atoms with E-state index in [9.17, 15) is 29.8 Å². The van der Waals surface area contributed by atoms with Crippen LogP contribution in [0.15, 0.2) is 95.2 Å². The van der Waals surface area contributed by atoms with Crippen LogP contribution in [0.1, 0.15) is 15.9 Å². The minimum Gasteiger partial charge on any atom is -0.338 e. The molecule has 1 amide bonds. The molecule has 0 fully saturated rings. The summed E-state index contributed by atoms with van der Waals surface area (Å²) in [6.45, 7) is 0. The molecule has 0 aliphatic rings. The molecule has 0 aromatic heterocycles. The average Bonchev–Trinajstić information content (AvgIpc) is 2.91. The van der Waals surface area contributed by atoms with E-state index >= 15 is 0 Å². The molecule has 0 heterocycles. The van der Waals surface area contributed by atoms with Gasteiger partial charge in [0.2, 0.25) is 0 Å². The van der Waals surface area contributed by atoms with Crippen LogP contribution in [0.25, 0.3) is 10.8 Å². The molecular formula is C25H17N5O7. The minimum atomic E-state index is -1.06. The van der Waals surface area contributed by atoms with Crippen molar-refractivity contribution in [2.24, 2.45) is 10.2 Å². The first-order valence-corrected chi connectivity index (χ1v) is 10.7. The van der Waals surface area contributed by atoms with Crippen LogP contribution in [0.5, 0.6) is 0 Å². The highest BCUT2D eigenvalue weighted by atomic mass is 16.7. The van der Waals surface area contributed by atoms with Crippen LogP contribution in [-0.4, -0.2) is 21.7 Å². The van der Waals surface area contributed by atoms with Gasteiger partial charge in [0.25, 0.3) is 17.3 Å². The van der Waals surface area contributed by atoms with E-state index in [4.69, 9.17) is 4.84 Å². The fourth-order valence-electron chi connectivity index (χ4n) is 3.44. The Kier molecular flexibility index (Phi) is 7.19. The Hall–Kier alpha value is -5.52. The molecule has 0 aliphatic carbocycles. The number of fused-ring (bicyclic) bond motifs is 1. The van der Waals surface area contributed by atoms with Gasteiger partial charge < -0.3 is 4.84 Å². The van der Waals surface area contributed by atoms with Gasteiger partial charge in [-0.05, 0) is 40.6 Å². The van der Waals surface area contributed by atoms with Crippen molar-refractivity contribution in [1.29, 1.82) is 0 Å². The second-order valence-electron chi connectivity index (χ2n) is 7.70. The molecule has 0 spiro atoms. The summed E-state index contributed by atoms with van der Waals surface area (Å²) >= 11 is 0. The average molecular weight is 499 g/mol. The highest BCUT2D eigenvalue weighted by Crippen LogP contribution is 2.24. The predicted octanol–water partition coefficient (Wildman–Crippen LogP) is 5.69. The predicted molar refractivity (Wildman–Crippen MR) is 132 cm³/mol. The highest BCUT2D eigenvalue weighted by molar-refractivity contribution is 5.92. The van der Waals surface area contributed by atoms with E-state index in [1.807, 2.05) is 42.5 Å². The van der Waals surface area contributed by atoms with Crippen molar-refractivity contribution in [2.75, 3.05) is 5.48 Å². The molecule has 37 heavy (non-hydrogen) atoms. The number of carbonyl (C=O) groups excluding carboxylic acids is 2. The van der Waals surface area contributed by atoms with Crippen LogP contribution in [0.3, 0.4) is 0 Å². The first kappa shape index (κ1) is 24.6. The van der Waals surface area contributed by atoms with Gasteiger partial charge in [-0.1, -0.05) is 42.5 Å². The summed E-state index contributed by atoms with van der Waals surface area (Å²) in [4.78, 5) is 49.7. The number of carbonyl (C=O) groups is 2. The molecule has 0 atom stereocenters. The van der Waals surface area contributed by atoms with Gasteiger partial charge >= 0.3 is 5.97 Å². The van der Waals surface area contributed by atoms with Crippen LogP contribution < -0.4 is 5.48 Å². The maximum absolute atomic E-state index is 12.3. The SMILES string of the molecule is O=C(Cc1cccc2ccccc12)N=Nc1ccc(NOC(=O)c2cc([N+](=O)[O-])cc([N+](=O)[O-])c2)cc1. The van der Waals surface area contributed by atoms with Crippen molar-refractivity contribution in [1.82, 2.24) is 0 Å². The van der Waals surface area contributed by atoms with Crippen molar-refractivity contribution in [2.45, 2.75) is 6.42 Å². The number of azo groups is 1. The van der Waals surface area contributed by atoms with Gasteiger partial charge in [0.15, 0.2) is 0 Å². The number of benzene rings is 4. The lowest BCUT2D eigenvalue weighted by atomic mass is 10.0. The minimum absolute atomic E-state index is 0.0935. The zero-order valence-electron chi connectivity index (χ0n) is 18.9. The van der Waals surface area contributed by atoms with Crippen LogP contribution >= 0.6 is 0 Å². The van der Waals surface area contributed by atoms with Gasteiger partial charge in [0, 0.05) is 12.1 Å². The molecular weight excluding hydrogens is 482 g/mol. The van der Waals surface area contributed by atoms with E-state index in [1.54, 1.807) is 0 Å². The van der Waals surface area contributed by atoms with E-state index in [2.05, 4.69) is 15.7 Å². The molecule has 4 aromatic carbocycles. The Morgan fingerprint density at radius 2 is 1.49 bits per heavy atom. The number of rotatable bonds is 8. The maximum atomic E-state index is 12.3. The summed E-state index contributed by atoms with van der Waals surface area (Å²) < 4.78 is 0. The van der Waals surface area contributed by atoms with E-state index < -0.39 is 33.1 Å². The van der Waals surface area contributed by atoms with E-state index in [0.717, 1.165) is 34.5 Å². The highest BCUT2D eigenvalue weighted by Gasteiger charge is 2.21. The molecule has 1 N–H and O–H groups in total. The van der Waals surface area contributed by atoms with Gasteiger partial charge in [-0.3, -0.25) is 25.0 Å². The van der Waals surface area contributed by atoms with Crippen LogP contribution in [0, 0.1) is 20.2 Å². The van der Waals surface area contributed by atoms with Crippen molar-refractivity contribution in [3.8, 4) is 0 Å². The summed E-state index contributed by atoms with van der Waals surface area (Å²) in [5.74, 6) is -1.48. The van der Waals surface area contributed by atoms with E-state index in [-0.39, 0.29) is 12.0 Å². The Morgan fingerprint density at radius 1 is 0.838 bits per heavy atom. The van der Waals surface area contributed by atoms with Crippen LogP contribution in [0.4, 0.5) is 22.7 Å². The summed E-state index contributed by atoms with van der Waals surface area (Å²) in [7, 11) is 0. The zero-order valence-corrected chi connectivity index (χ0v) is 18.9. The van der Waals surface area contributed by atoms with Gasteiger partial charge in [-0.2, -0.15) is 0 Å². The van der Waals surface area contributed by atoms with E-state index in [0.29, 0.717) is 11.4 Å². The van der Waals surface area contributed by atoms with Crippen molar-refractivity contribution >= 4 is 45.4 Å². The van der Waals surface area contributed by atoms with E-state index in [1.165, 1.54) is 24.3 Å². The lowest BCUT2D eigenvalue weighted by Crippen LogP contribution is -2.11. The summed E-state index contributed by atoms with van der Waals surface area (Å²) in [5.41, 5.74) is 2.27. The Balaban J connectivity index is 1.36. The lowest BCUT2D eigenvalue weighted by molar-refractivity contribution is -0.394. The quantitative estimate of drug-likeness (QED) is 0.183. The molecule has 4 rings (SSSR count). The molecule has 12 heteroatoms. The van der Waals surface area contributed by atoms with Gasteiger partial charge in [0.05, 0.1) is 39.3 Å². The normalized spacial score (nSPS) is 10.8. The first-order chi connectivity index (χ1) is 17.8. The number of hydrogen-bond donors (Lipinski definition) is 1. The molecule has 0 radical (unpaired) electrons. The number of nitro groups is 2. The fourth-order valence-corrected chi connectivity index (χ4v) is 3.44. The number of non-ortho nitro benzene ring substituents is 2. The van der Waals surface area contributed by atoms with Gasteiger partial charge in [-0.25, -0.2) is 10.3 Å². The second kappa shape index (κ2) is 10.8. The Morgan fingerprint density at radius 3 is 2.16 bits per heavy atom. The Labute approximate surface area is 208 Å². The molecule has 0 aliphatic heterocycles. The molecule has 4 aromatic rings. The molecule has 0 unspecified atom stereocenters. The van der Waals surface area contributed by atoms with Crippen LogP contribution in [-0.2, 0) is 16.1 Å². The number of hydrogen-bond acceptors (Lipinski definition) is 9. The van der Waals surface area contributed by atoms with Gasteiger partial charge in [-0.15, -0.1) is 10.2 Å². The molecule has 0 bridgehead atoms. The smallest absolute Gasteiger partial charge is 0.338 e. The monoisotopic (exact) mass is 499 g/mol. The summed E-state index contributed by atoms with van der Waals surface area (Å²) in [5, 5.41) is 31.6. The molecule has 0 saturated heterocycles. The first-order valence-electron chi connectivity index (χ1n) is 10.7. The number of amides is 1. The summed E-state index contributed by atoms with van der Waals surface area (Å²) in [6.07, 6.45) is 0.0935. The van der Waals surface area contributed by atoms with Crippen molar-refractivity contribution in [3.05, 3.63) is 116 Å². The molecule has 0 saturated carbocycles. The van der Waals surface area contributed by atoms with Gasteiger partial charge in [0.1, 0.15) is 0 Å². The maximum Gasteiger partial charge on any atom is 0.363 e. The fraction of sp³-hybridized carbons (Fsp3) is 0.0400. The lowest BCUT2D eigenvalue weighted by Gasteiger charge is -2.07. The third-order valence-corrected chi connectivity index (χ3v) is 5.19. The third kappa shape index (κ3) is 6.14. The topological polar surface area (TPSA) is 166 Å². The molecule has 184 valence electrons. The number of nitrogens with zero attached hydrogens (tertiary/aromatic N) is 4. The number of anilines is 1. The molecule has 12 nitrogen and oxygen atoms in total.